The summed E-state index contributed by atoms with van der Waals surface area (Å²) in [6, 6.07) is 5.38. The zero-order valence-corrected chi connectivity index (χ0v) is 14.2. The fourth-order valence-electron chi connectivity index (χ4n) is 1.89. The minimum Gasteiger partial charge on any atom is -0.351 e. The summed E-state index contributed by atoms with van der Waals surface area (Å²) in [5.74, 6) is -0.0710. The van der Waals surface area contributed by atoms with Crippen LogP contribution in [0.1, 0.15) is 43.1 Å². The quantitative estimate of drug-likeness (QED) is 0.794. The summed E-state index contributed by atoms with van der Waals surface area (Å²) in [5, 5.41) is 3.57. The largest absolute Gasteiger partial charge is 0.351 e. The van der Waals surface area contributed by atoms with E-state index >= 15 is 0 Å². The van der Waals surface area contributed by atoms with Crippen LogP contribution in [0, 0.1) is 12.3 Å². The smallest absolute Gasteiger partial charge is 0.251 e. The van der Waals surface area contributed by atoms with Gasteiger partial charge in [-0.25, -0.2) is 0 Å². The second-order valence-corrected chi connectivity index (χ2v) is 7.69. The third kappa shape index (κ3) is 5.53. The number of alkyl halides is 1. The highest BCUT2D eigenvalue weighted by molar-refractivity contribution is 9.09. The van der Waals surface area contributed by atoms with Crippen molar-refractivity contribution in [2.45, 2.75) is 38.9 Å². The third-order valence-electron chi connectivity index (χ3n) is 2.83. The molecule has 0 aromatic heterocycles. The number of carbonyl (C=O) groups excluding carboxylic acids is 1. The Morgan fingerprint density at radius 1 is 1.42 bits per heavy atom. The molecule has 1 N–H and O–H groups in total. The van der Waals surface area contributed by atoms with E-state index in [0.717, 1.165) is 12.0 Å². The molecule has 0 bridgehead atoms. The molecule has 0 aliphatic rings. The fourth-order valence-corrected chi connectivity index (χ4v) is 3.20. The van der Waals surface area contributed by atoms with Crippen LogP contribution in [0.4, 0.5) is 0 Å². The standard InChI is InChI=1S/C15H21BrClNO/c1-10-12(6-5-7-13(10)17)14(19)18-9-11(16)8-15(2,3)4/h5-7,11H,8-9H2,1-4H3,(H,18,19). The van der Waals surface area contributed by atoms with Gasteiger partial charge in [0.05, 0.1) is 0 Å². The molecule has 1 unspecified atom stereocenters. The average molecular weight is 347 g/mol. The van der Waals surface area contributed by atoms with E-state index in [1.807, 2.05) is 6.92 Å². The Bertz CT molecular complexity index is 454. The molecule has 0 radical (unpaired) electrons. The maximum absolute atomic E-state index is 12.1. The molecule has 0 saturated carbocycles. The van der Waals surface area contributed by atoms with Gasteiger partial charge in [0.25, 0.3) is 5.91 Å². The first-order chi connectivity index (χ1) is 8.70. The molecule has 19 heavy (non-hydrogen) atoms. The first-order valence-corrected chi connectivity index (χ1v) is 7.67. The first kappa shape index (κ1) is 16.5. The molecule has 1 aromatic carbocycles. The van der Waals surface area contributed by atoms with Crippen LogP contribution in [0.2, 0.25) is 5.02 Å². The van der Waals surface area contributed by atoms with Crippen LogP contribution in [-0.4, -0.2) is 17.3 Å². The topological polar surface area (TPSA) is 29.1 Å². The summed E-state index contributed by atoms with van der Waals surface area (Å²) in [6.45, 7) is 9.03. The Morgan fingerprint density at radius 2 is 2.05 bits per heavy atom. The summed E-state index contributed by atoms with van der Waals surface area (Å²) in [4.78, 5) is 12.4. The SMILES string of the molecule is Cc1c(Cl)cccc1C(=O)NCC(Br)CC(C)(C)C. The second kappa shape index (κ2) is 6.76. The van der Waals surface area contributed by atoms with Crippen LogP contribution < -0.4 is 5.32 Å². The van der Waals surface area contributed by atoms with Gasteiger partial charge < -0.3 is 5.32 Å². The van der Waals surface area contributed by atoms with Gasteiger partial charge in [-0.15, -0.1) is 0 Å². The Kier molecular flexibility index (Phi) is 5.87. The van der Waals surface area contributed by atoms with Crippen molar-refractivity contribution >= 4 is 33.4 Å². The van der Waals surface area contributed by atoms with Crippen LogP contribution in [0.15, 0.2) is 18.2 Å². The molecule has 1 amide bonds. The van der Waals surface area contributed by atoms with Crippen LogP contribution in [0.3, 0.4) is 0 Å². The molecule has 1 aromatic rings. The van der Waals surface area contributed by atoms with E-state index in [1.54, 1.807) is 18.2 Å². The summed E-state index contributed by atoms with van der Waals surface area (Å²) in [7, 11) is 0. The molecule has 0 aliphatic heterocycles. The van der Waals surface area contributed by atoms with Crippen molar-refractivity contribution in [3.8, 4) is 0 Å². The van der Waals surface area contributed by atoms with E-state index in [-0.39, 0.29) is 16.1 Å². The number of benzene rings is 1. The molecule has 0 saturated heterocycles. The van der Waals surface area contributed by atoms with E-state index in [9.17, 15) is 4.79 Å². The van der Waals surface area contributed by atoms with Gasteiger partial charge in [-0.3, -0.25) is 4.79 Å². The van der Waals surface area contributed by atoms with Gasteiger partial charge in [-0.05, 0) is 36.5 Å². The predicted molar refractivity (Wildman–Crippen MR) is 85.3 cm³/mol. The van der Waals surface area contributed by atoms with Crippen molar-refractivity contribution in [3.05, 3.63) is 34.3 Å². The molecule has 0 heterocycles. The van der Waals surface area contributed by atoms with Crippen molar-refractivity contribution in [3.63, 3.8) is 0 Å². The zero-order valence-electron chi connectivity index (χ0n) is 11.9. The lowest BCUT2D eigenvalue weighted by atomic mass is 9.90. The molecule has 0 fully saturated rings. The van der Waals surface area contributed by atoms with Gasteiger partial charge in [-0.2, -0.15) is 0 Å². The minimum absolute atomic E-state index is 0.0710. The number of hydrogen-bond acceptors (Lipinski definition) is 1. The zero-order chi connectivity index (χ0) is 14.6. The average Bonchev–Trinajstić information content (AvgIpc) is 2.27. The van der Waals surface area contributed by atoms with Gasteiger partial charge in [0, 0.05) is 22.0 Å². The lowest BCUT2D eigenvalue weighted by Crippen LogP contribution is -2.31. The highest BCUT2D eigenvalue weighted by Crippen LogP contribution is 2.24. The van der Waals surface area contributed by atoms with E-state index in [4.69, 9.17) is 11.6 Å². The van der Waals surface area contributed by atoms with Gasteiger partial charge >= 0.3 is 0 Å². The maximum atomic E-state index is 12.1. The van der Waals surface area contributed by atoms with Crippen molar-refractivity contribution in [1.82, 2.24) is 5.32 Å². The fraction of sp³-hybridized carbons (Fsp3) is 0.533. The van der Waals surface area contributed by atoms with Crippen molar-refractivity contribution in [2.24, 2.45) is 5.41 Å². The Morgan fingerprint density at radius 3 is 2.63 bits per heavy atom. The Balaban J connectivity index is 2.59. The van der Waals surface area contributed by atoms with Gasteiger partial charge in [-0.1, -0.05) is 54.4 Å². The Hall–Kier alpha value is -0.540. The lowest BCUT2D eigenvalue weighted by Gasteiger charge is -2.22. The highest BCUT2D eigenvalue weighted by atomic mass is 79.9. The molecular weight excluding hydrogens is 326 g/mol. The van der Waals surface area contributed by atoms with Crippen LogP contribution in [-0.2, 0) is 0 Å². The van der Waals surface area contributed by atoms with Crippen LogP contribution >= 0.6 is 27.5 Å². The predicted octanol–water partition coefficient (Wildman–Crippen LogP) is 4.58. The van der Waals surface area contributed by atoms with Crippen molar-refractivity contribution in [2.75, 3.05) is 6.54 Å². The molecule has 0 spiro atoms. The highest BCUT2D eigenvalue weighted by Gasteiger charge is 2.18. The van der Waals surface area contributed by atoms with Gasteiger partial charge in [0.15, 0.2) is 0 Å². The normalized spacial score (nSPS) is 13.2. The van der Waals surface area contributed by atoms with E-state index in [2.05, 4.69) is 42.0 Å². The van der Waals surface area contributed by atoms with E-state index < -0.39 is 0 Å². The maximum Gasteiger partial charge on any atom is 0.251 e. The molecule has 106 valence electrons. The lowest BCUT2D eigenvalue weighted by molar-refractivity contribution is 0.0952. The number of hydrogen-bond donors (Lipinski definition) is 1. The van der Waals surface area contributed by atoms with Crippen LogP contribution in [0.25, 0.3) is 0 Å². The number of carbonyl (C=O) groups is 1. The minimum atomic E-state index is -0.0710. The number of rotatable bonds is 4. The molecule has 1 atom stereocenters. The molecule has 4 heteroatoms. The van der Waals surface area contributed by atoms with Gasteiger partial charge in [0.2, 0.25) is 0 Å². The first-order valence-electron chi connectivity index (χ1n) is 6.38. The van der Waals surface area contributed by atoms with Gasteiger partial charge in [0.1, 0.15) is 0 Å². The summed E-state index contributed by atoms with van der Waals surface area (Å²) in [6.07, 6.45) is 1.00. The molecule has 0 aliphatic carbocycles. The third-order valence-corrected chi connectivity index (χ3v) is 3.89. The van der Waals surface area contributed by atoms with Crippen molar-refractivity contribution in [1.29, 1.82) is 0 Å². The summed E-state index contributed by atoms with van der Waals surface area (Å²) >= 11 is 9.63. The number of halogens is 2. The molecule has 2 nitrogen and oxygen atoms in total. The monoisotopic (exact) mass is 345 g/mol. The summed E-state index contributed by atoms with van der Waals surface area (Å²) < 4.78 is 0. The van der Waals surface area contributed by atoms with E-state index in [0.29, 0.717) is 17.1 Å². The van der Waals surface area contributed by atoms with Crippen LogP contribution in [0.5, 0.6) is 0 Å². The number of nitrogens with one attached hydrogen (secondary N) is 1. The second-order valence-electron chi connectivity index (χ2n) is 5.98. The summed E-state index contributed by atoms with van der Waals surface area (Å²) in [5.41, 5.74) is 1.71. The molecular formula is C15H21BrClNO. The van der Waals surface area contributed by atoms with Crippen molar-refractivity contribution < 1.29 is 4.79 Å². The molecule has 1 rings (SSSR count). The number of amides is 1. The Labute approximate surface area is 129 Å². The van der Waals surface area contributed by atoms with E-state index in [1.165, 1.54) is 0 Å².